The molecule has 2 aromatic carbocycles. The first-order chi connectivity index (χ1) is 13.5. The Morgan fingerprint density at radius 3 is 2.57 bits per heavy atom. The summed E-state index contributed by atoms with van der Waals surface area (Å²) in [5.41, 5.74) is 0.479. The maximum absolute atomic E-state index is 14.5. The molecule has 0 spiro atoms. The Kier molecular flexibility index (Phi) is 6.61. The quantitative estimate of drug-likeness (QED) is 0.308. The van der Waals surface area contributed by atoms with E-state index < -0.39 is 24.0 Å². The minimum absolute atomic E-state index is 0.0111. The highest BCUT2D eigenvalue weighted by atomic mass is 19.3. The second-order valence-electron chi connectivity index (χ2n) is 7.13. The van der Waals surface area contributed by atoms with Crippen molar-refractivity contribution in [3.63, 3.8) is 0 Å². The van der Waals surface area contributed by atoms with Gasteiger partial charge in [0.15, 0.2) is 17.4 Å². The molecule has 0 aliphatic heterocycles. The highest BCUT2D eigenvalue weighted by molar-refractivity contribution is 5.90. The summed E-state index contributed by atoms with van der Waals surface area (Å²) in [6.07, 6.45) is 8.41. The average Bonchev–Trinajstić information content (AvgIpc) is 2.68. The molecule has 0 atom stereocenters. The summed E-state index contributed by atoms with van der Waals surface area (Å²) >= 11 is 0. The molecule has 1 fully saturated rings. The van der Waals surface area contributed by atoms with E-state index in [4.69, 9.17) is 0 Å². The summed E-state index contributed by atoms with van der Waals surface area (Å²) in [5, 5.41) is 0.267. The molecule has 0 bridgehead atoms. The van der Waals surface area contributed by atoms with E-state index in [0.717, 1.165) is 44.6 Å². The van der Waals surface area contributed by atoms with Gasteiger partial charge in [-0.15, -0.1) is 6.58 Å². The molecule has 2 aromatic rings. The van der Waals surface area contributed by atoms with Crippen LogP contribution in [0.4, 0.5) is 17.6 Å². The molecule has 0 radical (unpaired) electrons. The lowest BCUT2D eigenvalue weighted by molar-refractivity contribution is -0.0544. The number of alkyl halides is 2. The van der Waals surface area contributed by atoms with E-state index in [-0.39, 0.29) is 16.7 Å². The molecule has 1 aliphatic carbocycles. The van der Waals surface area contributed by atoms with Gasteiger partial charge in [-0.05, 0) is 56.6 Å². The van der Waals surface area contributed by atoms with Crippen LogP contribution in [0.2, 0.25) is 0 Å². The lowest BCUT2D eigenvalue weighted by Crippen LogP contribution is -2.13. The van der Waals surface area contributed by atoms with Crippen LogP contribution in [0.25, 0.3) is 10.8 Å². The molecular weight excluding hydrogens is 368 g/mol. The number of hydrogen-bond donors (Lipinski definition) is 0. The number of rotatable bonds is 5. The Morgan fingerprint density at radius 2 is 1.89 bits per heavy atom. The maximum atomic E-state index is 14.5. The molecule has 5 heteroatoms. The second-order valence-corrected chi connectivity index (χ2v) is 7.13. The number of hydrogen-bond acceptors (Lipinski definition) is 1. The van der Waals surface area contributed by atoms with Crippen LogP contribution in [0, 0.1) is 35.3 Å². The topological polar surface area (TPSA) is 9.23 Å². The van der Waals surface area contributed by atoms with Gasteiger partial charge >= 0.3 is 6.61 Å². The molecule has 0 N–H and O–H groups in total. The van der Waals surface area contributed by atoms with Gasteiger partial charge in [0.05, 0.1) is 0 Å². The Morgan fingerprint density at radius 1 is 1.14 bits per heavy atom. The van der Waals surface area contributed by atoms with Crippen molar-refractivity contribution in [2.24, 2.45) is 11.8 Å². The van der Waals surface area contributed by atoms with Crippen LogP contribution in [0.3, 0.4) is 0 Å². The van der Waals surface area contributed by atoms with E-state index in [1.54, 1.807) is 12.1 Å². The van der Waals surface area contributed by atoms with E-state index in [1.165, 1.54) is 6.07 Å². The molecule has 0 amide bonds. The van der Waals surface area contributed by atoms with Gasteiger partial charge in [0, 0.05) is 22.3 Å². The van der Waals surface area contributed by atoms with Crippen molar-refractivity contribution in [2.45, 2.75) is 45.1 Å². The van der Waals surface area contributed by atoms with Gasteiger partial charge in [-0.1, -0.05) is 30.0 Å². The van der Waals surface area contributed by atoms with Gasteiger partial charge < -0.3 is 4.74 Å². The van der Waals surface area contributed by atoms with Gasteiger partial charge in [-0.2, -0.15) is 8.78 Å². The van der Waals surface area contributed by atoms with E-state index in [1.807, 2.05) is 6.08 Å². The maximum Gasteiger partial charge on any atom is 0.387 e. The fraction of sp³-hybridized carbons (Fsp3) is 0.391. The van der Waals surface area contributed by atoms with Crippen molar-refractivity contribution in [2.75, 3.05) is 0 Å². The summed E-state index contributed by atoms with van der Waals surface area (Å²) < 4.78 is 57.4. The predicted molar refractivity (Wildman–Crippen MR) is 102 cm³/mol. The smallest absolute Gasteiger partial charge is 0.387 e. The Labute approximate surface area is 162 Å². The summed E-state index contributed by atoms with van der Waals surface area (Å²) in [5.74, 6) is 3.87. The molecule has 1 aliphatic rings. The van der Waals surface area contributed by atoms with Crippen LogP contribution in [0.15, 0.2) is 36.9 Å². The standard InChI is InChI=1S/C23H22F4O/c1-2-3-5-15-8-10-16(11-9-15)12-13-17-6-4-7-18-19(17)14-20(24)22(21(18)25)28-23(26)27/h2,4,6-7,14-16,23H,1,3,5,8-11H2. The van der Waals surface area contributed by atoms with Crippen molar-refractivity contribution >= 4 is 10.8 Å². The second kappa shape index (κ2) is 9.14. The van der Waals surface area contributed by atoms with Gasteiger partial charge in [0.1, 0.15) is 0 Å². The first-order valence-corrected chi connectivity index (χ1v) is 9.47. The number of ether oxygens (including phenoxy) is 1. The Balaban J connectivity index is 1.82. The number of halogens is 4. The van der Waals surface area contributed by atoms with Crippen LogP contribution < -0.4 is 4.74 Å². The van der Waals surface area contributed by atoms with Crippen LogP contribution in [0.5, 0.6) is 5.75 Å². The molecular formula is C23H22F4O. The monoisotopic (exact) mass is 390 g/mol. The van der Waals surface area contributed by atoms with Gasteiger partial charge in [0.2, 0.25) is 0 Å². The summed E-state index contributed by atoms with van der Waals surface area (Å²) in [4.78, 5) is 0. The third-order valence-electron chi connectivity index (χ3n) is 5.27. The highest BCUT2D eigenvalue weighted by Gasteiger charge is 2.21. The Hall–Kier alpha value is -2.48. The zero-order chi connectivity index (χ0) is 20.1. The fourth-order valence-electron chi connectivity index (χ4n) is 3.77. The van der Waals surface area contributed by atoms with Crippen LogP contribution in [-0.4, -0.2) is 6.61 Å². The highest BCUT2D eigenvalue weighted by Crippen LogP contribution is 2.33. The minimum Gasteiger partial charge on any atom is -0.429 e. The zero-order valence-corrected chi connectivity index (χ0v) is 15.5. The van der Waals surface area contributed by atoms with Gasteiger partial charge in [0.25, 0.3) is 0 Å². The van der Waals surface area contributed by atoms with Crippen molar-refractivity contribution < 1.29 is 22.3 Å². The molecule has 1 nitrogen and oxygen atoms in total. The average molecular weight is 390 g/mol. The Bertz CT molecular complexity index is 902. The summed E-state index contributed by atoms with van der Waals surface area (Å²) in [6, 6.07) is 5.66. The summed E-state index contributed by atoms with van der Waals surface area (Å²) in [6.45, 7) is 0.459. The van der Waals surface area contributed by atoms with Crippen LogP contribution in [-0.2, 0) is 0 Å². The number of fused-ring (bicyclic) bond motifs is 1. The summed E-state index contributed by atoms with van der Waals surface area (Å²) in [7, 11) is 0. The number of benzene rings is 2. The minimum atomic E-state index is -3.30. The number of allylic oxidation sites excluding steroid dienone is 1. The molecule has 3 rings (SSSR count). The third-order valence-corrected chi connectivity index (χ3v) is 5.27. The molecule has 28 heavy (non-hydrogen) atoms. The van der Waals surface area contributed by atoms with E-state index in [2.05, 4.69) is 23.2 Å². The molecule has 0 saturated heterocycles. The molecule has 148 valence electrons. The normalized spacial score (nSPS) is 19.3. The molecule has 1 saturated carbocycles. The van der Waals surface area contributed by atoms with Crippen molar-refractivity contribution in [3.8, 4) is 17.6 Å². The fourth-order valence-corrected chi connectivity index (χ4v) is 3.77. The first kappa shape index (κ1) is 20.3. The molecule has 0 aromatic heterocycles. The predicted octanol–water partition coefficient (Wildman–Crippen LogP) is 6.84. The third kappa shape index (κ3) is 4.67. The lowest BCUT2D eigenvalue weighted by Gasteiger charge is -2.25. The van der Waals surface area contributed by atoms with Gasteiger partial charge in [-0.3, -0.25) is 0 Å². The zero-order valence-electron chi connectivity index (χ0n) is 15.5. The van der Waals surface area contributed by atoms with Crippen LogP contribution in [0.1, 0.15) is 44.1 Å². The molecule has 0 unspecified atom stereocenters. The van der Waals surface area contributed by atoms with E-state index in [0.29, 0.717) is 11.5 Å². The van der Waals surface area contributed by atoms with E-state index in [9.17, 15) is 17.6 Å². The largest absolute Gasteiger partial charge is 0.429 e. The first-order valence-electron chi connectivity index (χ1n) is 9.47. The van der Waals surface area contributed by atoms with Gasteiger partial charge in [-0.25, -0.2) is 8.78 Å². The SMILES string of the molecule is C=CCCC1CCC(C#Cc2cccc3c(F)c(OC(F)F)c(F)cc23)CC1. The lowest BCUT2D eigenvalue weighted by atomic mass is 9.80. The van der Waals surface area contributed by atoms with Crippen LogP contribution >= 0.6 is 0 Å². The van der Waals surface area contributed by atoms with E-state index >= 15 is 0 Å². The van der Waals surface area contributed by atoms with Crippen molar-refractivity contribution in [1.82, 2.24) is 0 Å². The van der Waals surface area contributed by atoms with Crippen molar-refractivity contribution in [1.29, 1.82) is 0 Å². The van der Waals surface area contributed by atoms with Crippen molar-refractivity contribution in [3.05, 3.63) is 54.1 Å². The molecule has 0 heterocycles.